The minimum Gasteiger partial charge on any atom is -0.352 e. The maximum absolute atomic E-state index is 13.1. The maximum atomic E-state index is 13.1. The van der Waals surface area contributed by atoms with Gasteiger partial charge in [-0.15, -0.1) is 0 Å². The molecule has 1 aliphatic rings. The molecule has 0 spiro atoms. The molecule has 2 aromatic carbocycles. The predicted molar refractivity (Wildman–Crippen MR) is 117 cm³/mol. The SMILES string of the molecule is O=C(CSc1nc2ccccc2c(=O)n1Cc1ccccc1)NC1CCS(=O)(=O)C1. The number of rotatable bonds is 6. The van der Waals surface area contributed by atoms with Crippen LogP contribution in [0.3, 0.4) is 0 Å². The summed E-state index contributed by atoms with van der Waals surface area (Å²) in [6, 6.07) is 16.4. The van der Waals surface area contributed by atoms with Gasteiger partial charge in [-0.3, -0.25) is 14.2 Å². The van der Waals surface area contributed by atoms with Gasteiger partial charge in [-0.1, -0.05) is 54.2 Å². The number of carbonyl (C=O) groups excluding carboxylic acids is 1. The van der Waals surface area contributed by atoms with E-state index in [2.05, 4.69) is 10.3 Å². The van der Waals surface area contributed by atoms with Gasteiger partial charge in [-0.25, -0.2) is 13.4 Å². The van der Waals surface area contributed by atoms with Crippen molar-refractivity contribution in [2.24, 2.45) is 0 Å². The molecule has 156 valence electrons. The van der Waals surface area contributed by atoms with Crippen molar-refractivity contribution in [2.75, 3.05) is 17.3 Å². The van der Waals surface area contributed by atoms with Crippen molar-refractivity contribution in [3.05, 3.63) is 70.5 Å². The first-order chi connectivity index (χ1) is 14.4. The van der Waals surface area contributed by atoms with Gasteiger partial charge >= 0.3 is 0 Å². The third kappa shape index (κ3) is 4.73. The van der Waals surface area contributed by atoms with Crippen molar-refractivity contribution in [1.29, 1.82) is 0 Å². The van der Waals surface area contributed by atoms with E-state index >= 15 is 0 Å². The van der Waals surface area contributed by atoms with Gasteiger partial charge in [0, 0.05) is 6.04 Å². The summed E-state index contributed by atoms with van der Waals surface area (Å²) in [5, 5.41) is 3.75. The van der Waals surface area contributed by atoms with Crippen molar-refractivity contribution in [3.8, 4) is 0 Å². The zero-order valence-electron chi connectivity index (χ0n) is 16.2. The van der Waals surface area contributed by atoms with E-state index in [-0.39, 0.29) is 34.8 Å². The quantitative estimate of drug-likeness (QED) is 0.461. The monoisotopic (exact) mass is 443 g/mol. The number of nitrogens with zero attached hydrogens (tertiary/aromatic N) is 2. The van der Waals surface area contributed by atoms with Crippen LogP contribution in [0.15, 0.2) is 64.5 Å². The van der Waals surface area contributed by atoms with Crippen LogP contribution in [0, 0.1) is 0 Å². The van der Waals surface area contributed by atoms with E-state index in [1.54, 1.807) is 22.8 Å². The number of carbonyl (C=O) groups is 1. The summed E-state index contributed by atoms with van der Waals surface area (Å²) in [7, 11) is -3.06. The van der Waals surface area contributed by atoms with Crippen LogP contribution < -0.4 is 10.9 Å². The molecular formula is C21H21N3O4S2. The van der Waals surface area contributed by atoms with E-state index in [0.717, 1.165) is 5.56 Å². The molecule has 0 radical (unpaired) electrons. The fourth-order valence-corrected chi connectivity index (χ4v) is 5.95. The first kappa shape index (κ1) is 20.6. The summed E-state index contributed by atoms with van der Waals surface area (Å²) >= 11 is 1.18. The van der Waals surface area contributed by atoms with Crippen molar-refractivity contribution in [2.45, 2.75) is 24.2 Å². The Morgan fingerprint density at radius 3 is 2.60 bits per heavy atom. The highest BCUT2D eigenvalue weighted by Crippen LogP contribution is 2.19. The second kappa shape index (κ2) is 8.61. The van der Waals surface area contributed by atoms with Crippen LogP contribution in [0.5, 0.6) is 0 Å². The van der Waals surface area contributed by atoms with Gasteiger partial charge < -0.3 is 5.32 Å². The number of thioether (sulfide) groups is 1. The molecule has 1 unspecified atom stereocenters. The van der Waals surface area contributed by atoms with E-state index in [0.29, 0.717) is 29.0 Å². The summed E-state index contributed by atoms with van der Waals surface area (Å²) < 4.78 is 24.7. The van der Waals surface area contributed by atoms with Crippen LogP contribution in [0.1, 0.15) is 12.0 Å². The van der Waals surface area contributed by atoms with Crippen LogP contribution in [-0.4, -0.2) is 47.2 Å². The third-order valence-electron chi connectivity index (χ3n) is 4.94. The molecule has 0 bridgehead atoms. The normalized spacial score (nSPS) is 17.8. The molecule has 1 aromatic heterocycles. The van der Waals surface area contributed by atoms with Crippen LogP contribution in [0.4, 0.5) is 0 Å². The Kier molecular flexibility index (Phi) is 5.92. The lowest BCUT2D eigenvalue weighted by atomic mass is 10.2. The van der Waals surface area contributed by atoms with E-state index < -0.39 is 9.84 Å². The van der Waals surface area contributed by atoms with E-state index in [1.165, 1.54) is 11.8 Å². The number of amides is 1. The smallest absolute Gasteiger partial charge is 0.262 e. The highest BCUT2D eigenvalue weighted by atomic mass is 32.2. The lowest BCUT2D eigenvalue weighted by molar-refractivity contribution is -0.119. The molecule has 9 heteroatoms. The van der Waals surface area contributed by atoms with Gasteiger partial charge in [0.2, 0.25) is 5.91 Å². The molecule has 1 aliphatic heterocycles. The minimum atomic E-state index is -3.06. The Morgan fingerprint density at radius 2 is 1.87 bits per heavy atom. The molecule has 1 atom stereocenters. The van der Waals surface area contributed by atoms with E-state index in [1.807, 2.05) is 36.4 Å². The second-order valence-electron chi connectivity index (χ2n) is 7.24. The highest BCUT2D eigenvalue weighted by molar-refractivity contribution is 7.99. The molecule has 7 nitrogen and oxygen atoms in total. The zero-order valence-corrected chi connectivity index (χ0v) is 17.8. The van der Waals surface area contributed by atoms with Gasteiger partial charge in [0.25, 0.3) is 5.56 Å². The van der Waals surface area contributed by atoms with Crippen LogP contribution in [0.25, 0.3) is 10.9 Å². The predicted octanol–water partition coefficient (Wildman–Crippen LogP) is 1.84. The second-order valence-corrected chi connectivity index (χ2v) is 10.4. The van der Waals surface area contributed by atoms with Crippen LogP contribution in [0.2, 0.25) is 0 Å². The largest absolute Gasteiger partial charge is 0.352 e. The molecular weight excluding hydrogens is 422 g/mol. The Morgan fingerprint density at radius 1 is 1.13 bits per heavy atom. The summed E-state index contributed by atoms with van der Waals surface area (Å²) in [5.74, 6) is -0.129. The maximum Gasteiger partial charge on any atom is 0.262 e. The van der Waals surface area contributed by atoms with E-state index in [9.17, 15) is 18.0 Å². The first-order valence-electron chi connectivity index (χ1n) is 9.57. The molecule has 1 amide bonds. The van der Waals surface area contributed by atoms with Gasteiger partial charge in [-0.05, 0) is 24.1 Å². The van der Waals surface area contributed by atoms with Crippen molar-refractivity contribution in [3.63, 3.8) is 0 Å². The van der Waals surface area contributed by atoms with E-state index in [4.69, 9.17) is 0 Å². The Balaban J connectivity index is 1.57. The molecule has 1 fully saturated rings. The average molecular weight is 444 g/mol. The number of nitrogens with one attached hydrogen (secondary N) is 1. The van der Waals surface area contributed by atoms with Gasteiger partial charge in [0.1, 0.15) is 0 Å². The number of benzene rings is 2. The Hall–Kier alpha value is -2.65. The van der Waals surface area contributed by atoms with Crippen molar-refractivity contribution in [1.82, 2.24) is 14.9 Å². The zero-order chi connectivity index (χ0) is 21.1. The Bertz CT molecular complexity index is 1240. The lowest BCUT2D eigenvalue weighted by Gasteiger charge is -2.14. The summed E-state index contributed by atoms with van der Waals surface area (Å²) in [6.07, 6.45) is 0.436. The number of hydrogen-bond donors (Lipinski definition) is 1. The number of sulfone groups is 1. The lowest BCUT2D eigenvalue weighted by Crippen LogP contribution is -2.36. The molecule has 1 saturated heterocycles. The number of aromatic nitrogens is 2. The highest BCUT2D eigenvalue weighted by Gasteiger charge is 2.29. The first-order valence-corrected chi connectivity index (χ1v) is 12.4. The van der Waals surface area contributed by atoms with Crippen LogP contribution >= 0.6 is 11.8 Å². The average Bonchev–Trinajstić information content (AvgIpc) is 3.07. The topological polar surface area (TPSA) is 98.1 Å². The van der Waals surface area contributed by atoms with Gasteiger partial charge in [0.15, 0.2) is 15.0 Å². The minimum absolute atomic E-state index is 0.0175. The fraction of sp³-hybridized carbons (Fsp3) is 0.286. The molecule has 2 heterocycles. The number of hydrogen-bond acceptors (Lipinski definition) is 6. The molecule has 1 N–H and O–H groups in total. The van der Waals surface area contributed by atoms with Crippen molar-refractivity contribution < 1.29 is 13.2 Å². The molecule has 0 aliphatic carbocycles. The van der Waals surface area contributed by atoms with Crippen molar-refractivity contribution >= 4 is 38.4 Å². The molecule has 3 aromatic rings. The summed E-state index contributed by atoms with van der Waals surface area (Å²) in [5.41, 5.74) is 1.38. The molecule has 30 heavy (non-hydrogen) atoms. The third-order valence-corrected chi connectivity index (χ3v) is 7.68. The van der Waals surface area contributed by atoms with Gasteiger partial charge in [-0.2, -0.15) is 0 Å². The van der Waals surface area contributed by atoms with Gasteiger partial charge in [0.05, 0.1) is 34.7 Å². The molecule has 4 rings (SSSR count). The van der Waals surface area contributed by atoms with Crippen LogP contribution in [-0.2, 0) is 21.2 Å². The molecule has 0 saturated carbocycles. The fourth-order valence-electron chi connectivity index (χ4n) is 3.47. The Labute approximate surface area is 178 Å². The number of fused-ring (bicyclic) bond motifs is 1. The number of para-hydroxylation sites is 1. The summed E-state index contributed by atoms with van der Waals surface area (Å²) in [4.78, 5) is 30.1. The summed E-state index contributed by atoms with van der Waals surface area (Å²) in [6.45, 7) is 0.350. The standard InChI is InChI=1S/C21H21N3O4S2/c25-19(22-16-10-11-30(27,28)14-16)13-29-21-23-18-9-5-4-8-17(18)20(26)24(21)12-15-6-2-1-3-7-15/h1-9,16H,10-14H2,(H,22,25).